The van der Waals surface area contributed by atoms with Crippen LogP contribution in [0.5, 0.6) is 11.5 Å². The van der Waals surface area contributed by atoms with Crippen molar-refractivity contribution in [2.24, 2.45) is 5.92 Å². The van der Waals surface area contributed by atoms with Crippen LogP contribution in [0.3, 0.4) is 0 Å². The summed E-state index contributed by atoms with van der Waals surface area (Å²) in [5, 5.41) is 4.83. The van der Waals surface area contributed by atoms with Gasteiger partial charge in [-0.05, 0) is 44.2 Å². The van der Waals surface area contributed by atoms with Gasteiger partial charge in [-0.2, -0.15) is 9.97 Å². The number of thiazole rings is 1. The van der Waals surface area contributed by atoms with Crippen molar-refractivity contribution in [2.75, 3.05) is 45.3 Å². The number of carbonyl (C=O) groups excluding carboxylic acids is 1. The van der Waals surface area contributed by atoms with Crippen molar-refractivity contribution < 1.29 is 18.8 Å². The van der Waals surface area contributed by atoms with E-state index in [1.807, 2.05) is 11.0 Å². The van der Waals surface area contributed by atoms with Gasteiger partial charge in [0.1, 0.15) is 17.6 Å². The Kier molecular flexibility index (Phi) is 7.37. The van der Waals surface area contributed by atoms with Gasteiger partial charge in [0.25, 0.3) is 5.56 Å². The molecule has 2 saturated heterocycles. The minimum atomic E-state index is -0.220. The van der Waals surface area contributed by atoms with E-state index < -0.39 is 0 Å². The number of aromatic nitrogens is 5. The molecule has 1 amide bonds. The van der Waals surface area contributed by atoms with Gasteiger partial charge in [0, 0.05) is 32.1 Å². The fourth-order valence-corrected chi connectivity index (χ4v) is 6.43. The van der Waals surface area contributed by atoms with Gasteiger partial charge in [0.15, 0.2) is 22.3 Å². The molecule has 210 valence electrons. The zero-order valence-electron chi connectivity index (χ0n) is 22.5. The molecule has 13 heteroatoms. The molecule has 0 spiro atoms. The number of hydrogen-bond donors (Lipinski definition) is 0. The van der Waals surface area contributed by atoms with Crippen LogP contribution < -0.4 is 19.9 Å². The maximum Gasteiger partial charge on any atom is 0.273 e. The van der Waals surface area contributed by atoms with Gasteiger partial charge in [0.2, 0.25) is 17.6 Å². The van der Waals surface area contributed by atoms with Crippen LogP contribution in [0, 0.1) is 5.92 Å². The number of anilines is 1. The topological polar surface area (TPSA) is 129 Å². The average Bonchev–Trinajstić information content (AvgIpc) is 3.66. The van der Waals surface area contributed by atoms with Crippen molar-refractivity contribution in [3.63, 3.8) is 0 Å². The predicted molar refractivity (Wildman–Crippen MR) is 149 cm³/mol. The molecule has 2 aliphatic rings. The zero-order chi connectivity index (χ0) is 27.6. The predicted octanol–water partition coefficient (Wildman–Crippen LogP) is 3.20. The highest BCUT2D eigenvalue weighted by Gasteiger charge is 2.30. The third kappa shape index (κ3) is 5.01. The highest BCUT2D eigenvalue weighted by atomic mass is 32.1. The van der Waals surface area contributed by atoms with Crippen LogP contribution in [-0.2, 0) is 11.3 Å². The number of ether oxygens (including phenoxy) is 2. The number of carbonyl (C=O) groups is 1. The first-order chi connectivity index (χ1) is 19.6. The Labute approximate surface area is 234 Å². The first kappa shape index (κ1) is 26.2. The van der Waals surface area contributed by atoms with Crippen LogP contribution in [0.2, 0.25) is 0 Å². The van der Waals surface area contributed by atoms with Crippen LogP contribution in [0.25, 0.3) is 21.7 Å². The van der Waals surface area contributed by atoms with Gasteiger partial charge in [-0.25, -0.2) is 4.98 Å². The number of fused-ring (bicyclic) bond motifs is 1. The van der Waals surface area contributed by atoms with E-state index in [0.29, 0.717) is 39.1 Å². The van der Waals surface area contributed by atoms with Crippen molar-refractivity contribution >= 4 is 32.7 Å². The largest absolute Gasteiger partial charge is 0.493 e. The van der Waals surface area contributed by atoms with Crippen LogP contribution >= 0.6 is 11.3 Å². The Morgan fingerprint density at radius 1 is 1.07 bits per heavy atom. The van der Waals surface area contributed by atoms with Gasteiger partial charge in [-0.15, -0.1) is 0 Å². The van der Waals surface area contributed by atoms with Gasteiger partial charge < -0.3 is 23.8 Å². The van der Waals surface area contributed by atoms with Crippen molar-refractivity contribution in [2.45, 2.75) is 38.6 Å². The lowest BCUT2D eigenvalue weighted by atomic mass is 9.94. The molecule has 6 rings (SSSR count). The molecule has 2 fully saturated rings. The van der Waals surface area contributed by atoms with E-state index in [9.17, 15) is 9.59 Å². The molecule has 0 aliphatic carbocycles. The molecule has 40 heavy (non-hydrogen) atoms. The number of benzene rings is 1. The van der Waals surface area contributed by atoms with E-state index in [4.69, 9.17) is 14.0 Å². The quantitative estimate of drug-likeness (QED) is 0.329. The Hall–Kier alpha value is -4.00. The molecular formula is C27H31N7O5S. The van der Waals surface area contributed by atoms with Crippen molar-refractivity contribution in [1.29, 1.82) is 0 Å². The van der Waals surface area contributed by atoms with Crippen molar-refractivity contribution in [3.8, 4) is 22.9 Å². The number of hydrogen-bond acceptors (Lipinski definition) is 11. The molecule has 0 unspecified atom stereocenters. The first-order valence-electron chi connectivity index (χ1n) is 13.5. The highest BCUT2D eigenvalue weighted by Crippen LogP contribution is 2.36. The maximum absolute atomic E-state index is 13.3. The SMILES string of the molecule is COc1cccc(-c2noc(Cn3cnc4nc(N5CCC(C(=O)N6CCCCC6)CC5)sc4c3=O)n2)c1OC. The Bertz CT molecular complexity index is 1570. The van der Waals surface area contributed by atoms with E-state index in [-0.39, 0.29) is 23.9 Å². The molecule has 12 nitrogen and oxygen atoms in total. The molecule has 1 aromatic carbocycles. The monoisotopic (exact) mass is 565 g/mol. The minimum Gasteiger partial charge on any atom is -0.493 e. The fraction of sp³-hybridized carbons (Fsp3) is 0.481. The summed E-state index contributed by atoms with van der Waals surface area (Å²) in [4.78, 5) is 43.9. The number of likely N-dealkylation sites (tertiary alicyclic amines) is 1. The number of nitrogens with zero attached hydrogens (tertiary/aromatic N) is 7. The molecular weight excluding hydrogens is 534 g/mol. The number of amides is 1. The van der Waals surface area contributed by atoms with Gasteiger partial charge >= 0.3 is 0 Å². The molecule has 2 aliphatic heterocycles. The third-order valence-electron chi connectivity index (χ3n) is 7.57. The summed E-state index contributed by atoms with van der Waals surface area (Å²) < 4.78 is 18.2. The van der Waals surface area contributed by atoms with Crippen LogP contribution in [0.1, 0.15) is 38.0 Å². The summed E-state index contributed by atoms with van der Waals surface area (Å²) >= 11 is 1.33. The summed E-state index contributed by atoms with van der Waals surface area (Å²) in [6, 6.07) is 5.40. The molecule has 5 heterocycles. The number of methoxy groups -OCH3 is 2. The number of para-hydroxylation sites is 1. The normalized spacial score (nSPS) is 16.4. The van der Waals surface area contributed by atoms with Crippen LogP contribution in [0.4, 0.5) is 5.13 Å². The number of rotatable bonds is 7. The molecule has 0 saturated carbocycles. The van der Waals surface area contributed by atoms with Gasteiger partial charge in [-0.3, -0.25) is 14.2 Å². The smallest absolute Gasteiger partial charge is 0.273 e. The van der Waals surface area contributed by atoms with Gasteiger partial charge in [0.05, 0.1) is 19.8 Å². The lowest BCUT2D eigenvalue weighted by Gasteiger charge is -2.35. The standard InChI is InChI=1S/C27H31N7O5S/c1-37-19-8-6-7-18(21(19)38-2)23-29-20(39-31-23)15-34-16-28-24-22(26(34)36)40-27(30-24)33-13-9-17(10-14-33)25(35)32-11-4-3-5-12-32/h6-8,16-17H,3-5,9-15H2,1-2H3. The molecule has 4 aromatic rings. The molecule has 0 bridgehead atoms. The highest BCUT2D eigenvalue weighted by molar-refractivity contribution is 7.22. The molecule has 0 radical (unpaired) electrons. The lowest BCUT2D eigenvalue weighted by molar-refractivity contribution is -0.137. The van der Waals surface area contributed by atoms with E-state index >= 15 is 0 Å². The van der Waals surface area contributed by atoms with Gasteiger partial charge in [-0.1, -0.05) is 22.6 Å². The van der Waals surface area contributed by atoms with Crippen molar-refractivity contribution in [3.05, 3.63) is 40.8 Å². The second kappa shape index (κ2) is 11.2. The maximum atomic E-state index is 13.3. The average molecular weight is 566 g/mol. The second-order valence-corrected chi connectivity index (χ2v) is 11.0. The zero-order valence-corrected chi connectivity index (χ0v) is 23.4. The fourth-order valence-electron chi connectivity index (χ4n) is 5.41. The Morgan fingerprint density at radius 2 is 1.88 bits per heavy atom. The minimum absolute atomic E-state index is 0.0651. The molecule has 0 N–H and O–H groups in total. The molecule has 3 aromatic heterocycles. The van der Waals surface area contributed by atoms with E-state index in [1.54, 1.807) is 26.4 Å². The van der Waals surface area contributed by atoms with Crippen molar-refractivity contribution in [1.82, 2.24) is 29.6 Å². The summed E-state index contributed by atoms with van der Waals surface area (Å²) in [5.41, 5.74) is 0.814. The summed E-state index contributed by atoms with van der Waals surface area (Å²) in [6.45, 7) is 3.30. The van der Waals surface area contributed by atoms with E-state index in [1.165, 1.54) is 28.7 Å². The van der Waals surface area contributed by atoms with Crippen LogP contribution in [-0.4, -0.2) is 75.9 Å². The first-order valence-corrected chi connectivity index (χ1v) is 14.3. The third-order valence-corrected chi connectivity index (χ3v) is 8.67. The van der Waals surface area contributed by atoms with Crippen LogP contribution in [0.15, 0.2) is 33.8 Å². The number of piperidine rings is 2. The Morgan fingerprint density at radius 3 is 2.62 bits per heavy atom. The summed E-state index contributed by atoms with van der Waals surface area (Å²) in [7, 11) is 3.10. The summed E-state index contributed by atoms with van der Waals surface area (Å²) in [6.07, 6.45) is 6.45. The second-order valence-electron chi connectivity index (χ2n) is 10.0. The molecule has 0 atom stereocenters. The van der Waals surface area contributed by atoms with E-state index in [2.05, 4.69) is 25.0 Å². The Balaban J connectivity index is 1.16. The van der Waals surface area contributed by atoms with E-state index in [0.717, 1.165) is 57.0 Å². The lowest BCUT2D eigenvalue weighted by Crippen LogP contribution is -2.44. The summed E-state index contributed by atoms with van der Waals surface area (Å²) in [5.74, 6) is 1.99.